The first-order chi connectivity index (χ1) is 13.7. The first kappa shape index (κ1) is 23.7. The molecule has 2 aliphatic carbocycles. The van der Waals surface area contributed by atoms with Crippen LogP contribution in [0.5, 0.6) is 0 Å². The molecule has 0 bridgehead atoms. The minimum atomic E-state index is -0.785. The summed E-state index contributed by atoms with van der Waals surface area (Å²) < 4.78 is 0. The summed E-state index contributed by atoms with van der Waals surface area (Å²) >= 11 is 0. The lowest BCUT2D eigenvalue weighted by Gasteiger charge is -2.24. The molecular weight excluding hydrogens is 364 g/mol. The van der Waals surface area contributed by atoms with Gasteiger partial charge in [0.15, 0.2) is 0 Å². The Morgan fingerprint density at radius 3 is 2.55 bits per heavy atom. The molecule has 4 atom stereocenters. The van der Waals surface area contributed by atoms with Gasteiger partial charge in [0, 0.05) is 18.3 Å². The number of aliphatic hydroxyl groups is 2. The van der Waals surface area contributed by atoms with Gasteiger partial charge in [0.2, 0.25) is 0 Å². The maximum Gasteiger partial charge on any atom is 0.303 e. The van der Waals surface area contributed by atoms with Gasteiger partial charge in [-0.25, -0.2) is 0 Å². The van der Waals surface area contributed by atoms with Crippen LogP contribution in [0.4, 0.5) is 0 Å². The van der Waals surface area contributed by atoms with Crippen LogP contribution in [0.1, 0.15) is 91.4 Å². The Bertz CT molecular complexity index is 641. The minimum absolute atomic E-state index is 0.0498. The van der Waals surface area contributed by atoms with Crippen molar-refractivity contribution < 1.29 is 20.1 Å². The van der Waals surface area contributed by atoms with Crippen molar-refractivity contribution in [2.75, 3.05) is 0 Å². The van der Waals surface area contributed by atoms with E-state index in [0.29, 0.717) is 24.5 Å². The number of rotatable bonds is 12. The summed E-state index contributed by atoms with van der Waals surface area (Å²) in [6.07, 6.45) is 15.5. The fourth-order valence-corrected chi connectivity index (χ4v) is 4.94. The van der Waals surface area contributed by atoms with Crippen molar-refractivity contribution in [2.24, 2.45) is 17.8 Å². The second-order valence-corrected chi connectivity index (χ2v) is 9.52. The van der Waals surface area contributed by atoms with E-state index in [4.69, 9.17) is 5.11 Å². The lowest BCUT2D eigenvalue weighted by atomic mass is 9.86. The predicted molar refractivity (Wildman–Crippen MR) is 118 cm³/mol. The standard InChI is InChI=1S/C25H40O4/c1-18(2)8-6-9-19(3)10-7-12-23(26)21-14-15-25(29)17-20(16-22(21)25)11-4-5-13-24(27)28/h8,12,17,19,21-22,26,29H,4-7,9-11,13-16H2,1-3H3,(H,27,28)/t19?,21-,22+,25-/m1/s1. The Hall–Kier alpha value is -1.55. The largest absolute Gasteiger partial charge is 0.512 e. The molecule has 0 heterocycles. The molecule has 3 N–H and O–H groups in total. The number of aliphatic hydroxyl groups excluding tert-OH is 1. The van der Waals surface area contributed by atoms with Gasteiger partial charge >= 0.3 is 5.97 Å². The maximum atomic E-state index is 11.0. The van der Waals surface area contributed by atoms with Gasteiger partial charge in [-0.15, -0.1) is 0 Å². The number of unbranched alkanes of at least 4 members (excludes halogenated alkanes) is 1. The van der Waals surface area contributed by atoms with Gasteiger partial charge in [-0.2, -0.15) is 0 Å². The van der Waals surface area contributed by atoms with Gasteiger partial charge in [0.05, 0.1) is 11.4 Å². The zero-order chi connectivity index (χ0) is 21.4. The van der Waals surface area contributed by atoms with Crippen molar-refractivity contribution in [3.05, 3.63) is 35.1 Å². The highest BCUT2D eigenvalue weighted by Gasteiger charge is 2.50. The quantitative estimate of drug-likeness (QED) is 0.202. The highest BCUT2D eigenvalue weighted by molar-refractivity contribution is 5.66. The molecule has 164 valence electrons. The Morgan fingerprint density at radius 2 is 1.90 bits per heavy atom. The minimum Gasteiger partial charge on any atom is -0.512 e. The highest BCUT2D eigenvalue weighted by atomic mass is 16.4. The van der Waals surface area contributed by atoms with Crippen molar-refractivity contribution in [3.8, 4) is 0 Å². The van der Waals surface area contributed by atoms with E-state index in [1.165, 1.54) is 17.6 Å². The number of carbonyl (C=O) groups is 1. The van der Waals surface area contributed by atoms with E-state index in [9.17, 15) is 15.0 Å². The summed E-state index contributed by atoms with van der Waals surface area (Å²) in [6.45, 7) is 6.54. The molecule has 0 spiro atoms. The molecule has 0 aromatic rings. The van der Waals surface area contributed by atoms with E-state index in [1.807, 2.05) is 12.2 Å². The van der Waals surface area contributed by atoms with Crippen molar-refractivity contribution in [3.63, 3.8) is 0 Å². The first-order valence-corrected chi connectivity index (χ1v) is 11.4. The normalized spacial score (nSPS) is 27.4. The van der Waals surface area contributed by atoms with Crippen LogP contribution < -0.4 is 0 Å². The molecule has 1 unspecified atom stereocenters. The molecular formula is C25H40O4. The van der Waals surface area contributed by atoms with Gasteiger partial charge < -0.3 is 15.3 Å². The summed E-state index contributed by atoms with van der Waals surface area (Å²) in [5, 5.41) is 30.4. The molecule has 29 heavy (non-hydrogen) atoms. The van der Waals surface area contributed by atoms with Gasteiger partial charge in [0.25, 0.3) is 0 Å². The zero-order valence-electron chi connectivity index (χ0n) is 18.5. The van der Waals surface area contributed by atoms with E-state index in [2.05, 4.69) is 26.8 Å². The number of aliphatic carboxylic acids is 1. The second-order valence-electron chi connectivity index (χ2n) is 9.52. The number of carboxylic acids is 1. The van der Waals surface area contributed by atoms with Gasteiger partial charge in [-0.3, -0.25) is 4.79 Å². The summed E-state index contributed by atoms with van der Waals surface area (Å²) in [6, 6.07) is 0. The second kappa shape index (κ2) is 11.0. The third kappa shape index (κ3) is 7.33. The Balaban J connectivity index is 1.79. The maximum absolute atomic E-state index is 11.0. The number of hydrogen-bond acceptors (Lipinski definition) is 3. The van der Waals surface area contributed by atoms with E-state index in [0.717, 1.165) is 44.9 Å². The molecule has 0 radical (unpaired) electrons. The van der Waals surface area contributed by atoms with Crippen molar-refractivity contribution >= 4 is 5.97 Å². The van der Waals surface area contributed by atoms with Crippen molar-refractivity contribution in [1.82, 2.24) is 0 Å². The molecule has 4 heteroatoms. The Labute approximate surface area is 176 Å². The number of fused-ring (bicyclic) bond motifs is 1. The summed E-state index contributed by atoms with van der Waals surface area (Å²) in [5.74, 6) is 0.475. The Morgan fingerprint density at radius 1 is 1.21 bits per heavy atom. The van der Waals surface area contributed by atoms with Gasteiger partial charge in [-0.05, 0) is 90.0 Å². The average Bonchev–Trinajstić information content (AvgIpc) is 3.11. The van der Waals surface area contributed by atoms with Crippen molar-refractivity contribution in [2.45, 2.75) is 97.0 Å². The molecule has 2 rings (SSSR count). The van der Waals surface area contributed by atoms with Crippen molar-refractivity contribution in [1.29, 1.82) is 0 Å². The van der Waals surface area contributed by atoms with Crippen LogP contribution in [0.25, 0.3) is 0 Å². The lowest BCUT2D eigenvalue weighted by molar-refractivity contribution is -0.137. The molecule has 1 fully saturated rings. The monoisotopic (exact) mass is 404 g/mol. The van der Waals surface area contributed by atoms with E-state index < -0.39 is 11.6 Å². The molecule has 2 aliphatic rings. The van der Waals surface area contributed by atoms with Gasteiger partial charge in [0.1, 0.15) is 0 Å². The lowest BCUT2D eigenvalue weighted by Crippen LogP contribution is -2.29. The fourth-order valence-electron chi connectivity index (χ4n) is 4.94. The van der Waals surface area contributed by atoms with Crippen LogP contribution in [0, 0.1) is 17.8 Å². The smallest absolute Gasteiger partial charge is 0.303 e. The molecule has 0 aromatic heterocycles. The van der Waals surface area contributed by atoms with Crippen LogP contribution in [0.2, 0.25) is 0 Å². The van der Waals surface area contributed by atoms with E-state index >= 15 is 0 Å². The molecule has 0 amide bonds. The van der Waals surface area contributed by atoms with Crippen LogP contribution >= 0.6 is 0 Å². The zero-order valence-corrected chi connectivity index (χ0v) is 18.5. The van der Waals surface area contributed by atoms with Crippen LogP contribution in [-0.2, 0) is 4.79 Å². The van der Waals surface area contributed by atoms with E-state index in [1.54, 1.807) is 0 Å². The van der Waals surface area contributed by atoms with Gasteiger partial charge in [-0.1, -0.05) is 30.2 Å². The van der Waals surface area contributed by atoms with E-state index in [-0.39, 0.29) is 18.3 Å². The predicted octanol–water partition coefficient (Wildman–Crippen LogP) is 6.32. The topological polar surface area (TPSA) is 77.8 Å². The SMILES string of the molecule is CC(C)=CCCC(C)CCC=C(O)[C@@H]1CC[C@@]2(O)C=C(CCCCC(=O)O)C[C@@H]12. The number of hydrogen-bond donors (Lipinski definition) is 3. The summed E-state index contributed by atoms with van der Waals surface area (Å²) in [7, 11) is 0. The summed E-state index contributed by atoms with van der Waals surface area (Å²) in [5.41, 5.74) is 1.81. The molecule has 0 aromatic carbocycles. The molecule has 1 saturated carbocycles. The third-order valence-electron chi connectivity index (χ3n) is 6.66. The highest BCUT2D eigenvalue weighted by Crippen LogP contribution is 2.52. The number of carboxylic acid groups (broad SMARTS) is 1. The fraction of sp³-hybridized carbons (Fsp3) is 0.720. The summed E-state index contributed by atoms with van der Waals surface area (Å²) in [4.78, 5) is 10.6. The Kier molecular flexibility index (Phi) is 9.01. The average molecular weight is 405 g/mol. The molecule has 4 nitrogen and oxygen atoms in total. The molecule has 0 saturated heterocycles. The van der Waals surface area contributed by atoms with Crippen LogP contribution in [-0.4, -0.2) is 26.9 Å². The van der Waals surface area contributed by atoms with Crippen LogP contribution in [0.15, 0.2) is 35.1 Å². The third-order valence-corrected chi connectivity index (χ3v) is 6.66. The molecule has 0 aliphatic heterocycles. The first-order valence-electron chi connectivity index (χ1n) is 11.4. The van der Waals surface area contributed by atoms with Crippen LogP contribution in [0.3, 0.4) is 0 Å². The number of allylic oxidation sites excluding steroid dienone is 5.